The Morgan fingerprint density at radius 3 is 2.86 bits per heavy atom. The van der Waals surface area contributed by atoms with Crippen molar-refractivity contribution in [2.24, 2.45) is 7.05 Å². The molecule has 3 heterocycles. The highest BCUT2D eigenvalue weighted by molar-refractivity contribution is 5.92. The molecule has 3 aromatic heterocycles. The number of carbonyl (C=O) groups is 1. The summed E-state index contributed by atoms with van der Waals surface area (Å²) in [7, 11) is 3.74. The number of H-pyrrole nitrogens is 1. The van der Waals surface area contributed by atoms with E-state index in [0.29, 0.717) is 23.1 Å². The summed E-state index contributed by atoms with van der Waals surface area (Å²) in [6, 6.07) is 12.9. The van der Waals surface area contributed by atoms with E-state index in [-0.39, 0.29) is 11.7 Å². The second kappa shape index (κ2) is 7.27. The molecule has 0 atom stereocenters. The van der Waals surface area contributed by atoms with Crippen LogP contribution in [0.2, 0.25) is 0 Å². The normalized spacial score (nSPS) is 11.5. The number of para-hydroxylation sites is 1. The smallest absolute Gasteiger partial charge is 0.253 e. The molecular formula is C22H20N4O3. The van der Waals surface area contributed by atoms with Gasteiger partial charge >= 0.3 is 0 Å². The number of likely N-dealkylation sites (N-methyl/N-ethyl adjacent to an activating group) is 1. The van der Waals surface area contributed by atoms with Gasteiger partial charge in [-0.05, 0) is 35.2 Å². The van der Waals surface area contributed by atoms with Gasteiger partial charge in [-0.2, -0.15) is 0 Å². The van der Waals surface area contributed by atoms with Crippen LogP contribution in [-0.2, 0) is 18.4 Å². The first-order valence-corrected chi connectivity index (χ1v) is 9.11. The van der Waals surface area contributed by atoms with E-state index in [1.165, 1.54) is 12.3 Å². The minimum atomic E-state index is -0.420. The molecule has 4 rings (SSSR count). The van der Waals surface area contributed by atoms with E-state index >= 15 is 0 Å². The lowest BCUT2D eigenvalue weighted by atomic mass is 10.2. The van der Waals surface area contributed by atoms with E-state index in [2.05, 4.69) is 32.7 Å². The molecule has 7 heteroatoms. The summed E-state index contributed by atoms with van der Waals surface area (Å²) in [4.78, 5) is 32.2. The Balaban J connectivity index is 1.52. The predicted molar refractivity (Wildman–Crippen MR) is 112 cm³/mol. The third-order valence-corrected chi connectivity index (χ3v) is 4.94. The molecule has 0 radical (unpaired) electrons. The lowest BCUT2D eigenvalue weighted by molar-refractivity contribution is -0.125. The second-order valence-electron chi connectivity index (χ2n) is 6.96. The molecule has 0 spiro atoms. The van der Waals surface area contributed by atoms with Crippen molar-refractivity contribution in [2.75, 3.05) is 7.05 Å². The molecule has 0 aliphatic carbocycles. The number of carbonyl (C=O) groups excluding carboxylic acids is 1. The molecule has 146 valence electrons. The minimum Gasteiger partial charge on any atom is -0.507 e. The number of hydrogen-bond donors (Lipinski definition) is 2. The van der Waals surface area contributed by atoms with E-state index in [9.17, 15) is 14.7 Å². The molecule has 0 saturated heterocycles. The van der Waals surface area contributed by atoms with Crippen LogP contribution in [0.3, 0.4) is 0 Å². The first-order chi connectivity index (χ1) is 13.9. The van der Waals surface area contributed by atoms with Crippen LogP contribution in [0.25, 0.3) is 28.0 Å². The highest BCUT2D eigenvalue weighted by Gasteiger charge is 2.11. The van der Waals surface area contributed by atoms with Gasteiger partial charge in [-0.3, -0.25) is 9.59 Å². The van der Waals surface area contributed by atoms with Crippen LogP contribution in [0.1, 0.15) is 11.3 Å². The van der Waals surface area contributed by atoms with Crippen LogP contribution >= 0.6 is 0 Å². The Kier molecular flexibility index (Phi) is 4.64. The molecule has 4 aromatic rings. The first kappa shape index (κ1) is 18.5. The zero-order chi connectivity index (χ0) is 20.5. The van der Waals surface area contributed by atoms with Crippen molar-refractivity contribution in [2.45, 2.75) is 6.54 Å². The molecular weight excluding hydrogens is 368 g/mol. The van der Waals surface area contributed by atoms with Gasteiger partial charge in [-0.15, -0.1) is 0 Å². The van der Waals surface area contributed by atoms with E-state index in [1.807, 2.05) is 19.2 Å². The molecule has 2 N–H and O–H groups in total. The maximum absolute atomic E-state index is 12.5. The van der Waals surface area contributed by atoms with Gasteiger partial charge in [0.15, 0.2) is 0 Å². The topological polar surface area (TPSA) is 91.2 Å². The van der Waals surface area contributed by atoms with Crippen LogP contribution in [-0.4, -0.2) is 37.5 Å². The summed E-state index contributed by atoms with van der Waals surface area (Å²) >= 11 is 0. The molecule has 0 bridgehead atoms. The Morgan fingerprint density at radius 2 is 2.07 bits per heavy atom. The number of rotatable bonds is 4. The fourth-order valence-corrected chi connectivity index (χ4v) is 3.34. The number of hydrogen-bond acceptors (Lipinski definition) is 4. The van der Waals surface area contributed by atoms with Crippen molar-refractivity contribution in [1.29, 1.82) is 0 Å². The van der Waals surface area contributed by atoms with E-state index in [0.717, 1.165) is 22.7 Å². The number of fused-ring (bicyclic) bond motifs is 2. The molecule has 0 aliphatic rings. The zero-order valence-electron chi connectivity index (χ0n) is 16.1. The maximum Gasteiger partial charge on any atom is 0.253 e. The quantitative estimate of drug-likeness (QED) is 0.526. The van der Waals surface area contributed by atoms with Gasteiger partial charge in [0.25, 0.3) is 5.56 Å². The Labute approximate surface area is 166 Å². The molecule has 0 saturated carbocycles. The van der Waals surface area contributed by atoms with Crippen molar-refractivity contribution in [3.63, 3.8) is 0 Å². The van der Waals surface area contributed by atoms with Gasteiger partial charge in [0, 0.05) is 43.6 Å². The van der Waals surface area contributed by atoms with Crippen LogP contribution in [0, 0.1) is 0 Å². The number of aromatic nitrogens is 3. The molecule has 7 nitrogen and oxygen atoms in total. The van der Waals surface area contributed by atoms with Gasteiger partial charge in [0.2, 0.25) is 5.91 Å². The van der Waals surface area contributed by atoms with Crippen molar-refractivity contribution >= 4 is 33.9 Å². The lowest BCUT2D eigenvalue weighted by Crippen LogP contribution is -2.25. The third kappa shape index (κ3) is 3.62. The Bertz CT molecular complexity index is 1320. The lowest BCUT2D eigenvalue weighted by Gasteiger charge is -2.15. The van der Waals surface area contributed by atoms with Crippen LogP contribution in [0.15, 0.2) is 59.5 Å². The summed E-state index contributed by atoms with van der Waals surface area (Å²) in [5.41, 5.74) is 2.68. The average Bonchev–Trinajstić information content (AvgIpc) is 3.02. The summed E-state index contributed by atoms with van der Waals surface area (Å²) in [6.45, 7) is 0.479. The van der Waals surface area contributed by atoms with Crippen LogP contribution < -0.4 is 5.56 Å². The number of aromatic amines is 1. The maximum atomic E-state index is 12.5. The second-order valence-corrected chi connectivity index (χ2v) is 6.96. The fraction of sp³-hybridized carbons (Fsp3) is 0.136. The third-order valence-electron chi connectivity index (χ3n) is 4.94. The highest BCUT2D eigenvalue weighted by Crippen LogP contribution is 2.21. The van der Waals surface area contributed by atoms with Crippen molar-refractivity contribution in [3.05, 3.63) is 76.3 Å². The number of amides is 1. The number of aryl methyl sites for hydroxylation is 1. The summed E-state index contributed by atoms with van der Waals surface area (Å²) in [5, 5.41) is 11.5. The highest BCUT2D eigenvalue weighted by atomic mass is 16.3. The van der Waals surface area contributed by atoms with Gasteiger partial charge in [-0.1, -0.05) is 18.2 Å². The summed E-state index contributed by atoms with van der Waals surface area (Å²) < 4.78 is 2.08. The number of aromatic hydroxyl groups is 1. The molecule has 0 aliphatic heterocycles. The van der Waals surface area contributed by atoms with E-state index in [1.54, 1.807) is 24.1 Å². The minimum absolute atomic E-state index is 0.147. The van der Waals surface area contributed by atoms with Gasteiger partial charge < -0.3 is 19.6 Å². The molecule has 1 amide bonds. The summed E-state index contributed by atoms with van der Waals surface area (Å²) in [5.74, 6) is -0.299. The Hall–Kier alpha value is -3.87. The zero-order valence-corrected chi connectivity index (χ0v) is 16.1. The molecule has 0 unspecified atom stereocenters. The predicted octanol–water partition coefficient (Wildman–Crippen LogP) is 2.79. The van der Waals surface area contributed by atoms with Crippen LogP contribution in [0.4, 0.5) is 0 Å². The van der Waals surface area contributed by atoms with E-state index < -0.39 is 5.56 Å². The number of nitrogens with one attached hydrogen (secondary N) is 1. The average molecular weight is 388 g/mol. The largest absolute Gasteiger partial charge is 0.507 e. The van der Waals surface area contributed by atoms with Gasteiger partial charge in [0.05, 0.1) is 11.9 Å². The van der Waals surface area contributed by atoms with Gasteiger partial charge in [-0.25, -0.2) is 4.98 Å². The number of nitrogens with zero attached hydrogens (tertiary/aromatic N) is 3. The number of benzene rings is 1. The van der Waals surface area contributed by atoms with Crippen molar-refractivity contribution in [3.8, 4) is 5.75 Å². The molecule has 1 aromatic carbocycles. The monoisotopic (exact) mass is 388 g/mol. The first-order valence-electron chi connectivity index (χ1n) is 9.11. The SMILES string of the molecule is CN(Cc1cc2ccccc2n1C)C(=O)/C=C/c1cnc2[nH]c(=O)cc(O)c2c1. The van der Waals surface area contributed by atoms with E-state index in [4.69, 9.17) is 0 Å². The number of pyridine rings is 2. The van der Waals surface area contributed by atoms with Crippen LogP contribution in [0.5, 0.6) is 5.75 Å². The molecule has 29 heavy (non-hydrogen) atoms. The summed E-state index contributed by atoms with van der Waals surface area (Å²) in [6.07, 6.45) is 4.64. The standard InChI is InChI=1S/C22H20N4O3/c1-25(13-16-10-15-5-3-4-6-18(15)26(16)2)21(29)8-7-14-9-17-19(27)11-20(28)24-22(17)23-12-14/h3-12H,13H2,1-2H3,(H2,23,24,27,28)/b8-7+. The Morgan fingerprint density at radius 1 is 1.28 bits per heavy atom. The van der Waals surface area contributed by atoms with Crippen molar-refractivity contribution < 1.29 is 9.90 Å². The van der Waals surface area contributed by atoms with Crippen molar-refractivity contribution in [1.82, 2.24) is 19.4 Å². The molecule has 0 fully saturated rings. The van der Waals surface area contributed by atoms with Gasteiger partial charge in [0.1, 0.15) is 11.4 Å². The fourth-order valence-electron chi connectivity index (χ4n) is 3.34.